The molecule has 1 heterocycles. The smallest absolute Gasteiger partial charge is 0.142 e. The molecule has 0 aliphatic carbocycles. The Labute approximate surface area is 127 Å². The molecular formula is C16H25ClN2O. The molecule has 1 atom stereocenters. The summed E-state index contributed by atoms with van der Waals surface area (Å²) < 4.78 is 5.97. The zero-order chi connectivity index (χ0) is 14.4. The molecule has 4 heteroatoms. The lowest BCUT2D eigenvalue weighted by molar-refractivity contribution is 0.153. The Balaban J connectivity index is 1.90. The summed E-state index contributed by atoms with van der Waals surface area (Å²) in [6, 6.07) is 6.57. The lowest BCUT2D eigenvalue weighted by atomic mass is 10.0. The number of ether oxygens (including phenoxy) is 1. The molecule has 112 valence electrons. The molecular weight excluding hydrogens is 272 g/mol. The third-order valence-electron chi connectivity index (χ3n) is 4.03. The number of likely N-dealkylation sites (tertiary alicyclic amines) is 1. The molecule has 2 rings (SSSR count). The number of nitrogens with one attached hydrogen (secondary N) is 1. The Morgan fingerprint density at radius 2 is 2.25 bits per heavy atom. The van der Waals surface area contributed by atoms with Crippen LogP contribution in [0.4, 0.5) is 0 Å². The van der Waals surface area contributed by atoms with Crippen LogP contribution in [0.15, 0.2) is 18.2 Å². The Morgan fingerprint density at radius 1 is 1.40 bits per heavy atom. The first-order valence-corrected chi connectivity index (χ1v) is 7.85. The first-order chi connectivity index (χ1) is 9.72. The van der Waals surface area contributed by atoms with E-state index in [9.17, 15) is 0 Å². The molecule has 0 radical (unpaired) electrons. The maximum Gasteiger partial charge on any atom is 0.142 e. The minimum Gasteiger partial charge on any atom is -0.492 e. The van der Waals surface area contributed by atoms with Crippen molar-refractivity contribution < 1.29 is 4.74 Å². The highest BCUT2D eigenvalue weighted by atomic mass is 35.5. The van der Waals surface area contributed by atoms with E-state index in [-0.39, 0.29) is 0 Å². The van der Waals surface area contributed by atoms with Crippen LogP contribution in [0.25, 0.3) is 0 Å². The molecule has 1 aliphatic heterocycles. The standard InChI is InChI=1S/C16H25ClN2O/c1-18-12-13-6-5-8-15(17)16(13)20-11-9-14-7-3-4-10-19(14)2/h5-6,8,14,18H,3-4,7,9-12H2,1-2H3. The molecule has 0 saturated carbocycles. The van der Waals surface area contributed by atoms with Crippen LogP contribution >= 0.6 is 11.6 Å². The van der Waals surface area contributed by atoms with Gasteiger partial charge in [-0.3, -0.25) is 0 Å². The summed E-state index contributed by atoms with van der Waals surface area (Å²) in [6.07, 6.45) is 5.02. The van der Waals surface area contributed by atoms with Crippen molar-refractivity contribution in [2.24, 2.45) is 0 Å². The van der Waals surface area contributed by atoms with Crippen molar-refractivity contribution in [1.29, 1.82) is 0 Å². The van der Waals surface area contributed by atoms with Crippen LogP contribution < -0.4 is 10.1 Å². The molecule has 0 amide bonds. The molecule has 1 N–H and O–H groups in total. The number of hydrogen-bond donors (Lipinski definition) is 1. The summed E-state index contributed by atoms with van der Waals surface area (Å²) >= 11 is 6.25. The second-order valence-electron chi connectivity index (χ2n) is 5.53. The van der Waals surface area contributed by atoms with Gasteiger partial charge in [-0.1, -0.05) is 30.2 Å². The van der Waals surface area contributed by atoms with Gasteiger partial charge in [0.2, 0.25) is 0 Å². The van der Waals surface area contributed by atoms with Crippen LogP contribution in [0, 0.1) is 0 Å². The van der Waals surface area contributed by atoms with E-state index in [0.29, 0.717) is 11.1 Å². The number of nitrogens with zero attached hydrogens (tertiary/aromatic N) is 1. The average molecular weight is 297 g/mol. The highest BCUT2D eigenvalue weighted by Crippen LogP contribution is 2.29. The van der Waals surface area contributed by atoms with Gasteiger partial charge in [0.15, 0.2) is 0 Å². The van der Waals surface area contributed by atoms with E-state index in [1.165, 1.54) is 25.8 Å². The summed E-state index contributed by atoms with van der Waals surface area (Å²) in [7, 11) is 4.15. The van der Waals surface area contributed by atoms with Crippen molar-refractivity contribution in [3.05, 3.63) is 28.8 Å². The summed E-state index contributed by atoms with van der Waals surface area (Å²) in [4.78, 5) is 2.45. The second kappa shape index (κ2) is 7.87. The van der Waals surface area contributed by atoms with Gasteiger partial charge in [0.1, 0.15) is 5.75 Å². The fraction of sp³-hybridized carbons (Fsp3) is 0.625. The quantitative estimate of drug-likeness (QED) is 0.871. The molecule has 1 aromatic carbocycles. The lowest BCUT2D eigenvalue weighted by Gasteiger charge is -2.32. The highest BCUT2D eigenvalue weighted by molar-refractivity contribution is 6.32. The zero-order valence-electron chi connectivity index (χ0n) is 12.5. The predicted octanol–water partition coefficient (Wildman–Crippen LogP) is 3.31. The molecule has 0 aromatic heterocycles. The third kappa shape index (κ3) is 4.11. The molecule has 0 spiro atoms. The Hall–Kier alpha value is -0.770. The summed E-state index contributed by atoms with van der Waals surface area (Å²) in [6.45, 7) is 2.72. The minimum absolute atomic E-state index is 0.652. The zero-order valence-corrected chi connectivity index (χ0v) is 13.2. The molecule has 1 fully saturated rings. The number of para-hydroxylation sites is 1. The Morgan fingerprint density at radius 3 is 3.00 bits per heavy atom. The third-order valence-corrected chi connectivity index (χ3v) is 4.33. The van der Waals surface area contributed by atoms with Crippen LogP contribution in [0.3, 0.4) is 0 Å². The van der Waals surface area contributed by atoms with E-state index >= 15 is 0 Å². The van der Waals surface area contributed by atoms with E-state index in [1.54, 1.807) is 0 Å². The minimum atomic E-state index is 0.652. The normalized spacial score (nSPS) is 20.1. The summed E-state index contributed by atoms with van der Waals surface area (Å²) in [5.41, 5.74) is 1.12. The van der Waals surface area contributed by atoms with Crippen LogP contribution in [-0.2, 0) is 6.54 Å². The van der Waals surface area contributed by atoms with Crippen molar-refractivity contribution in [1.82, 2.24) is 10.2 Å². The second-order valence-corrected chi connectivity index (χ2v) is 5.93. The van der Waals surface area contributed by atoms with Crippen molar-refractivity contribution >= 4 is 11.6 Å². The predicted molar refractivity (Wildman–Crippen MR) is 84.6 cm³/mol. The van der Waals surface area contributed by atoms with Gasteiger partial charge < -0.3 is 15.0 Å². The van der Waals surface area contributed by atoms with Crippen molar-refractivity contribution in [2.75, 3.05) is 27.2 Å². The lowest BCUT2D eigenvalue weighted by Crippen LogP contribution is -2.37. The van der Waals surface area contributed by atoms with Gasteiger partial charge in [0.05, 0.1) is 11.6 Å². The van der Waals surface area contributed by atoms with Crippen molar-refractivity contribution in [3.63, 3.8) is 0 Å². The number of hydrogen-bond acceptors (Lipinski definition) is 3. The Kier molecular flexibility index (Phi) is 6.14. The van der Waals surface area contributed by atoms with E-state index in [0.717, 1.165) is 30.9 Å². The topological polar surface area (TPSA) is 24.5 Å². The largest absolute Gasteiger partial charge is 0.492 e. The van der Waals surface area contributed by atoms with E-state index in [2.05, 4.69) is 23.3 Å². The van der Waals surface area contributed by atoms with Crippen molar-refractivity contribution in [3.8, 4) is 5.75 Å². The maximum absolute atomic E-state index is 6.25. The van der Waals surface area contributed by atoms with Crippen LogP contribution in [0.5, 0.6) is 5.75 Å². The first kappa shape index (κ1) is 15.6. The van der Waals surface area contributed by atoms with Crippen LogP contribution in [-0.4, -0.2) is 38.2 Å². The van der Waals surface area contributed by atoms with Gasteiger partial charge in [-0.2, -0.15) is 0 Å². The molecule has 1 saturated heterocycles. The molecule has 0 bridgehead atoms. The SMILES string of the molecule is CNCc1cccc(Cl)c1OCCC1CCCCN1C. The highest BCUT2D eigenvalue weighted by Gasteiger charge is 2.19. The molecule has 20 heavy (non-hydrogen) atoms. The molecule has 3 nitrogen and oxygen atoms in total. The van der Waals surface area contributed by atoms with Gasteiger partial charge in [-0.25, -0.2) is 0 Å². The van der Waals surface area contributed by atoms with Gasteiger partial charge in [-0.15, -0.1) is 0 Å². The number of piperidine rings is 1. The van der Waals surface area contributed by atoms with Gasteiger partial charge in [0, 0.05) is 18.2 Å². The maximum atomic E-state index is 6.25. The van der Waals surface area contributed by atoms with Gasteiger partial charge in [0.25, 0.3) is 0 Å². The van der Waals surface area contributed by atoms with Gasteiger partial charge >= 0.3 is 0 Å². The molecule has 1 aromatic rings. The average Bonchev–Trinajstić information content (AvgIpc) is 2.44. The van der Waals surface area contributed by atoms with E-state index < -0.39 is 0 Å². The number of halogens is 1. The summed E-state index contributed by atoms with van der Waals surface area (Å²) in [5.74, 6) is 0.835. The fourth-order valence-electron chi connectivity index (χ4n) is 2.85. The van der Waals surface area contributed by atoms with Crippen LogP contribution in [0.1, 0.15) is 31.2 Å². The number of benzene rings is 1. The number of rotatable bonds is 6. The van der Waals surface area contributed by atoms with Gasteiger partial charge in [-0.05, 0) is 46.0 Å². The van der Waals surface area contributed by atoms with Crippen molar-refractivity contribution in [2.45, 2.75) is 38.3 Å². The Bertz CT molecular complexity index is 425. The first-order valence-electron chi connectivity index (χ1n) is 7.47. The fourth-order valence-corrected chi connectivity index (χ4v) is 3.10. The molecule has 1 aliphatic rings. The van der Waals surface area contributed by atoms with E-state index in [1.807, 2.05) is 19.2 Å². The molecule has 1 unspecified atom stereocenters. The van der Waals surface area contributed by atoms with Crippen LogP contribution in [0.2, 0.25) is 5.02 Å². The summed E-state index contributed by atoms with van der Waals surface area (Å²) in [5, 5.41) is 3.86. The van der Waals surface area contributed by atoms with E-state index in [4.69, 9.17) is 16.3 Å². The monoisotopic (exact) mass is 296 g/mol.